The molecule has 0 bridgehead atoms. The highest BCUT2D eigenvalue weighted by molar-refractivity contribution is 5.98. The van der Waals surface area contributed by atoms with Gasteiger partial charge in [-0.25, -0.2) is 10.0 Å². The second-order valence-electron chi connectivity index (χ2n) is 8.36. The maximum absolute atomic E-state index is 13.4. The number of carbonyl (C=O) groups excluding carboxylic acids is 1. The summed E-state index contributed by atoms with van der Waals surface area (Å²) in [6.07, 6.45) is 0. The van der Waals surface area contributed by atoms with E-state index < -0.39 is 0 Å². The summed E-state index contributed by atoms with van der Waals surface area (Å²) in [5.41, 5.74) is 2.57. The number of rotatable bonds is 10. The van der Waals surface area contributed by atoms with Crippen molar-refractivity contribution >= 4 is 5.91 Å². The van der Waals surface area contributed by atoms with E-state index in [9.17, 15) is 4.79 Å². The predicted octanol–water partition coefficient (Wildman–Crippen LogP) is 4.52. The van der Waals surface area contributed by atoms with Gasteiger partial charge in [-0.1, -0.05) is 80.6 Å². The number of nitrogens with one attached hydrogen (secondary N) is 1. The molecule has 4 rings (SSSR count). The Kier molecular flexibility index (Phi) is 8.17. The summed E-state index contributed by atoms with van der Waals surface area (Å²) in [5, 5.41) is 7.76. The van der Waals surface area contributed by atoms with Crippen LogP contribution in [-0.4, -0.2) is 48.1 Å². The highest BCUT2D eigenvalue weighted by Gasteiger charge is 2.30. The minimum Gasteiger partial charge on any atom is -0.485 e. The third-order valence-corrected chi connectivity index (χ3v) is 6.01. The highest BCUT2D eigenvalue weighted by atomic mass is 16.5. The largest absolute Gasteiger partial charge is 0.485 e. The zero-order chi connectivity index (χ0) is 23.8. The molecule has 0 unspecified atom stereocenters. The second-order valence-corrected chi connectivity index (χ2v) is 8.36. The van der Waals surface area contributed by atoms with Crippen molar-refractivity contribution in [3.8, 4) is 11.5 Å². The van der Waals surface area contributed by atoms with Crippen molar-refractivity contribution in [2.75, 3.05) is 26.2 Å². The van der Waals surface area contributed by atoms with Crippen LogP contribution < -0.4 is 14.8 Å². The van der Waals surface area contributed by atoms with Crippen LogP contribution in [0.5, 0.6) is 11.5 Å². The van der Waals surface area contributed by atoms with E-state index >= 15 is 0 Å². The topological polar surface area (TPSA) is 54.0 Å². The summed E-state index contributed by atoms with van der Waals surface area (Å²) < 4.78 is 12.3. The number of amides is 1. The lowest BCUT2D eigenvalue weighted by Gasteiger charge is -2.24. The summed E-state index contributed by atoms with van der Waals surface area (Å²) in [7, 11) is 0. The van der Waals surface area contributed by atoms with Crippen molar-refractivity contribution in [1.82, 2.24) is 15.3 Å². The van der Waals surface area contributed by atoms with Gasteiger partial charge in [0.1, 0.15) is 13.2 Å². The number of hydrazine groups is 1. The summed E-state index contributed by atoms with van der Waals surface area (Å²) in [5.74, 6) is 0.883. The molecule has 1 fully saturated rings. The zero-order valence-corrected chi connectivity index (χ0v) is 19.9. The van der Waals surface area contributed by atoms with Crippen molar-refractivity contribution in [1.29, 1.82) is 0 Å². The Labute approximate surface area is 202 Å². The van der Waals surface area contributed by atoms with Crippen LogP contribution >= 0.6 is 0 Å². The first kappa shape index (κ1) is 23.8. The lowest BCUT2D eigenvalue weighted by atomic mass is 10.1. The number of nitrogens with zero attached hydrogens (tertiary/aromatic N) is 2. The van der Waals surface area contributed by atoms with E-state index in [4.69, 9.17) is 9.47 Å². The number of likely N-dealkylation sites (N-methyl/N-ethyl adjacent to an activating group) is 2. The fourth-order valence-electron chi connectivity index (χ4n) is 4.23. The van der Waals surface area contributed by atoms with Crippen molar-refractivity contribution < 1.29 is 14.3 Å². The molecule has 6 nitrogen and oxygen atoms in total. The van der Waals surface area contributed by atoms with Crippen LogP contribution in [0.3, 0.4) is 0 Å². The summed E-state index contributed by atoms with van der Waals surface area (Å²) in [4.78, 5) is 13.4. The van der Waals surface area contributed by atoms with E-state index in [2.05, 4.69) is 29.2 Å². The van der Waals surface area contributed by atoms with Gasteiger partial charge in [-0.05, 0) is 23.3 Å². The van der Waals surface area contributed by atoms with E-state index in [0.717, 1.165) is 37.3 Å². The van der Waals surface area contributed by atoms with Crippen LogP contribution in [0, 0.1) is 0 Å². The second kappa shape index (κ2) is 11.7. The molecule has 0 saturated carbocycles. The molecule has 1 heterocycles. The molecule has 1 aliphatic rings. The van der Waals surface area contributed by atoms with Crippen LogP contribution in [0.15, 0.2) is 78.9 Å². The smallest absolute Gasteiger partial charge is 0.255 e. The molecule has 0 radical (unpaired) electrons. The molecule has 1 aliphatic heterocycles. The Bertz CT molecular complexity index is 1050. The Morgan fingerprint density at radius 1 is 0.794 bits per heavy atom. The van der Waals surface area contributed by atoms with Gasteiger partial charge in [-0.3, -0.25) is 4.79 Å². The summed E-state index contributed by atoms with van der Waals surface area (Å²) in [6.45, 7) is 8.48. The molecule has 178 valence electrons. The molecule has 1 N–H and O–H groups in total. The predicted molar refractivity (Wildman–Crippen MR) is 134 cm³/mol. The molecular formula is C28H33N3O3. The van der Waals surface area contributed by atoms with Gasteiger partial charge in [0.05, 0.1) is 11.6 Å². The molecule has 34 heavy (non-hydrogen) atoms. The minimum absolute atomic E-state index is 0.0586. The molecule has 0 aliphatic carbocycles. The fourth-order valence-corrected chi connectivity index (χ4v) is 4.23. The summed E-state index contributed by atoms with van der Waals surface area (Å²) >= 11 is 0. The summed E-state index contributed by atoms with van der Waals surface area (Å²) in [6, 6.07) is 25.5. The van der Waals surface area contributed by atoms with Crippen molar-refractivity contribution in [3.05, 3.63) is 95.6 Å². The molecule has 0 atom stereocenters. The van der Waals surface area contributed by atoms with Crippen LogP contribution in [-0.2, 0) is 13.2 Å². The molecule has 0 aromatic heterocycles. The Balaban J connectivity index is 1.54. The molecule has 1 amide bonds. The number of para-hydroxylation sites is 1. The number of carbonyl (C=O) groups is 1. The zero-order valence-electron chi connectivity index (χ0n) is 19.9. The fraction of sp³-hybridized carbons (Fsp3) is 0.321. The normalized spacial score (nSPS) is 14.8. The van der Waals surface area contributed by atoms with Gasteiger partial charge < -0.3 is 14.8 Å². The molecule has 1 saturated heterocycles. The molecular weight excluding hydrogens is 426 g/mol. The van der Waals surface area contributed by atoms with Crippen molar-refractivity contribution in [2.45, 2.75) is 33.1 Å². The van der Waals surface area contributed by atoms with Crippen LogP contribution in [0.2, 0.25) is 0 Å². The van der Waals surface area contributed by atoms with Crippen LogP contribution in [0.25, 0.3) is 0 Å². The molecule has 0 spiro atoms. The maximum Gasteiger partial charge on any atom is 0.255 e. The Hall–Kier alpha value is -3.35. The van der Waals surface area contributed by atoms with Crippen LogP contribution in [0.1, 0.15) is 35.3 Å². The number of ether oxygens (including phenoxy) is 2. The average molecular weight is 460 g/mol. The lowest BCUT2D eigenvalue weighted by molar-refractivity contribution is 0.0388. The average Bonchev–Trinajstić information content (AvgIpc) is 3.29. The van der Waals surface area contributed by atoms with Gasteiger partial charge in [-0.2, -0.15) is 0 Å². The first-order valence-electron chi connectivity index (χ1n) is 11.9. The molecule has 3 aromatic rings. The monoisotopic (exact) mass is 459 g/mol. The van der Waals surface area contributed by atoms with E-state index in [1.807, 2.05) is 72.8 Å². The maximum atomic E-state index is 13.4. The molecule has 6 heteroatoms. The quantitative estimate of drug-likeness (QED) is 0.483. The first-order valence-corrected chi connectivity index (χ1v) is 11.9. The first-order chi connectivity index (χ1) is 16.7. The van der Waals surface area contributed by atoms with Gasteiger partial charge in [-0.15, -0.1) is 0 Å². The van der Waals surface area contributed by atoms with Gasteiger partial charge in [0.15, 0.2) is 11.5 Å². The van der Waals surface area contributed by atoms with E-state index in [0.29, 0.717) is 30.3 Å². The number of hydrogen-bond donors (Lipinski definition) is 1. The van der Waals surface area contributed by atoms with E-state index in [1.54, 1.807) is 6.07 Å². The van der Waals surface area contributed by atoms with Gasteiger partial charge in [0, 0.05) is 26.2 Å². The van der Waals surface area contributed by atoms with Crippen LogP contribution in [0.4, 0.5) is 0 Å². The van der Waals surface area contributed by atoms with Crippen molar-refractivity contribution in [3.63, 3.8) is 0 Å². The van der Waals surface area contributed by atoms with Gasteiger partial charge in [0.25, 0.3) is 5.91 Å². The highest BCUT2D eigenvalue weighted by Crippen LogP contribution is 2.33. The minimum atomic E-state index is -0.146. The van der Waals surface area contributed by atoms with E-state index in [1.165, 1.54) is 0 Å². The SMILES string of the molecule is CCN1CC(NC(=O)c2cccc(OCc3ccccc3)c2OCc2ccccc2)CN1CC. The third kappa shape index (κ3) is 5.95. The standard InChI is InChI=1S/C28H33N3O3/c1-3-30-18-24(19-31(30)4-2)29-28(32)25-16-11-17-26(33-20-22-12-7-5-8-13-22)27(25)34-21-23-14-9-6-10-15-23/h5-17,24H,3-4,18-21H2,1-2H3,(H,29,32). The Morgan fingerprint density at radius 2 is 1.35 bits per heavy atom. The third-order valence-electron chi connectivity index (χ3n) is 6.01. The van der Waals surface area contributed by atoms with E-state index in [-0.39, 0.29) is 11.9 Å². The van der Waals surface area contributed by atoms with Gasteiger partial charge in [0.2, 0.25) is 0 Å². The number of benzene rings is 3. The number of hydrogen-bond acceptors (Lipinski definition) is 5. The lowest BCUT2D eigenvalue weighted by Crippen LogP contribution is -2.38. The van der Waals surface area contributed by atoms with Gasteiger partial charge >= 0.3 is 0 Å². The molecule has 3 aromatic carbocycles. The van der Waals surface area contributed by atoms with Crippen molar-refractivity contribution in [2.24, 2.45) is 0 Å². The Morgan fingerprint density at radius 3 is 1.91 bits per heavy atom.